The van der Waals surface area contributed by atoms with Crippen molar-refractivity contribution in [2.45, 2.75) is 32.0 Å². The predicted octanol–water partition coefficient (Wildman–Crippen LogP) is 3.56. The van der Waals surface area contributed by atoms with Crippen LogP contribution in [0.25, 0.3) is 0 Å². The highest BCUT2D eigenvalue weighted by Gasteiger charge is 2.31. The van der Waals surface area contributed by atoms with Gasteiger partial charge in [-0.05, 0) is 56.0 Å². The first-order valence-electron chi connectivity index (χ1n) is 11.0. The quantitative estimate of drug-likeness (QED) is 0.206. The van der Waals surface area contributed by atoms with Crippen LogP contribution in [0.5, 0.6) is 0 Å². The number of nitrogens with one attached hydrogen (secondary N) is 2. The molecule has 182 valence electrons. The van der Waals surface area contributed by atoms with Gasteiger partial charge >= 0.3 is 6.18 Å². The second-order valence-corrected chi connectivity index (χ2v) is 8.36. The summed E-state index contributed by atoms with van der Waals surface area (Å²) in [5.74, 6) is 1.33. The summed E-state index contributed by atoms with van der Waals surface area (Å²) in [6.07, 6.45) is -0.958. The first-order valence-corrected chi connectivity index (χ1v) is 11.0. The molecule has 1 heterocycles. The third kappa shape index (κ3) is 8.58. The van der Waals surface area contributed by atoms with Crippen molar-refractivity contribution in [2.24, 2.45) is 10.9 Å². The lowest BCUT2D eigenvalue weighted by atomic mass is 10.1. The summed E-state index contributed by atoms with van der Waals surface area (Å²) >= 11 is 0. The van der Waals surface area contributed by atoms with Crippen molar-refractivity contribution in [3.8, 4) is 0 Å². The van der Waals surface area contributed by atoms with Crippen LogP contribution in [0.15, 0.2) is 23.2 Å². The number of piperazine rings is 1. The maximum absolute atomic E-state index is 13.3. The smallest absolute Gasteiger partial charge is 0.381 e. The van der Waals surface area contributed by atoms with Gasteiger partial charge in [0.15, 0.2) is 5.96 Å². The molecule has 1 aliphatic heterocycles. The van der Waals surface area contributed by atoms with Crippen molar-refractivity contribution < 1.29 is 17.9 Å². The van der Waals surface area contributed by atoms with E-state index < -0.39 is 11.7 Å². The van der Waals surface area contributed by atoms with Gasteiger partial charge in [0.25, 0.3) is 0 Å². The summed E-state index contributed by atoms with van der Waals surface area (Å²) in [4.78, 5) is 8.57. The molecule has 1 saturated carbocycles. The maximum Gasteiger partial charge on any atom is 0.416 e. The van der Waals surface area contributed by atoms with E-state index >= 15 is 0 Å². The number of nitrogens with zero attached hydrogens (tertiary/aromatic N) is 3. The molecule has 32 heavy (non-hydrogen) atoms. The lowest BCUT2D eigenvalue weighted by Gasteiger charge is -2.35. The molecule has 0 spiro atoms. The Morgan fingerprint density at radius 2 is 1.88 bits per heavy atom. The highest BCUT2D eigenvalue weighted by molar-refractivity contribution is 14.0. The summed E-state index contributed by atoms with van der Waals surface area (Å²) in [5.41, 5.74) is 0.838. The van der Waals surface area contributed by atoms with Crippen LogP contribution in [0.4, 0.5) is 18.9 Å². The number of halogens is 4. The number of anilines is 1. The highest BCUT2D eigenvalue weighted by Crippen LogP contribution is 2.33. The van der Waals surface area contributed by atoms with Gasteiger partial charge in [-0.3, -0.25) is 4.99 Å². The summed E-state index contributed by atoms with van der Waals surface area (Å²) in [7, 11) is 3.71. The average molecular weight is 569 g/mol. The summed E-state index contributed by atoms with van der Waals surface area (Å²) in [5, 5.41) is 6.37. The van der Waals surface area contributed by atoms with E-state index in [9.17, 15) is 13.2 Å². The van der Waals surface area contributed by atoms with Gasteiger partial charge in [0, 0.05) is 65.2 Å². The Balaban J connectivity index is 0.00000363. The van der Waals surface area contributed by atoms with E-state index in [4.69, 9.17) is 4.74 Å². The molecule has 1 saturated heterocycles. The van der Waals surface area contributed by atoms with Crippen molar-refractivity contribution in [3.05, 3.63) is 29.3 Å². The number of guanidine groups is 1. The molecule has 0 amide bonds. The van der Waals surface area contributed by atoms with Crippen LogP contribution < -0.4 is 15.5 Å². The Kier molecular flexibility index (Phi) is 10.8. The third-order valence-electron chi connectivity index (χ3n) is 5.73. The van der Waals surface area contributed by atoms with Gasteiger partial charge in [0.2, 0.25) is 0 Å². The SMILES string of the molecule is CN=C(NCCCOCC1CC1)NCc1cc(C(F)(F)F)ccc1N1CCN(C)CC1.I. The van der Waals surface area contributed by atoms with Crippen LogP contribution in [0.2, 0.25) is 0 Å². The highest BCUT2D eigenvalue weighted by atomic mass is 127. The van der Waals surface area contributed by atoms with Crippen LogP contribution >= 0.6 is 24.0 Å². The number of alkyl halides is 3. The van der Waals surface area contributed by atoms with Crippen LogP contribution in [0.1, 0.15) is 30.4 Å². The Morgan fingerprint density at radius 3 is 2.50 bits per heavy atom. The molecule has 0 radical (unpaired) electrons. The van der Waals surface area contributed by atoms with Crippen molar-refractivity contribution in [1.29, 1.82) is 0 Å². The monoisotopic (exact) mass is 569 g/mol. The number of hydrogen-bond donors (Lipinski definition) is 2. The molecule has 2 N–H and O–H groups in total. The van der Waals surface area contributed by atoms with Crippen molar-refractivity contribution in [2.75, 3.05) is 64.9 Å². The fraction of sp³-hybridized carbons (Fsp3) is 0.682. The Labute approximate surface area is 206 Å². The minimum atomic E-state index is -4.37. The fourth-order valence-corrected chi connectivity index (χ4v) is 3.57. The molecule has 3 rings (SSSR count). The van der Waals surface area contributed by atoms with Gasteiger partial charge in [-0.1, -0.05) is 0 Å². The summed E-state index contributed by atoms with van der Waals surface area (Å²) in [6.45, 7) is 5.87. The van der Waals surface area contributed by atoms with Gasteiger partial charge in [-0.15, -0.1) is 24.0 Å². The summed E-state index contributed by atoms with van der Waals surface area (Å²) in [6, 6.07) is 4.02. The number of benzene rings is 1. The minimum absolute atomic E-state index is 0. The number of hydrogen-bond acceptors (Lipinski definition) is 4. The minimum Gasteiger partial charge on any atom is -0.381 e. The largest absolute Gasteiger partial charge is 0.416 e. The van der Waals surface area contributed by atoms with Crippen molar-refractivity contribution in [3.63, 3.8) is 0 Å². The molecule has 10 heteroatoms. The maximum atomic E-state index is 13.3. The fourth-order valence-electron chi connectivity index (χ4n) is 3.57. The molecule has 0 bridgehead atoms. The molecular formula is C22H35F3IN5O. The molecule has 0 atom stereocenters. The van der Waals surface area contributed by atoms with Crippen molar-refractivity contribution >= 4 is 35.6 Å². The number of aliphatic imine (C=N–C) groups is 1. The van der Waals surface area contributed by atoms with Crippen molar-refractivity contribution in [1.82, 2.24) is 15.5 Å². The second kappa shape index (κ2) is 12.8. The molecule has 0 aromatic heterocycles. The number of ether oxygens (including phenoxy) is 1. The Bertz CT molecular complexity index is 735. The lowest BCUT2D eigenvalue weighted by Crippen LogP contribution is -2.45. The van der Waals surface area contributed by atoms with Gasteiger partial charge in [-0.2, -0.15) is 13.2 Å². The first kappa shape index (κ1) is 27.0. The second-order valence-electron chi connectivity index (χ2n) is 8.36. The molecule has 1 aliphatic carbocycles. The van der Waals surface area contributed by atoms with Crippen LogP contribution in [0.3, 0.4) is 0 Å². The zero-order chi connectivity index (χ0) is 22.3. The summed E-state index contributed by atoms with van der Waals surface area (Å²) < 4.78 is 45.5. The number of rotatable bonds is 9. The molecular weight excluding hydrogens is 534 g/mol. The van der Waals surface area contributed by atoms with E-state index in [1.807, 2.05) is 0 Å². The number of likely N-dealkylation sites (N-methyl/N-ethyl adjacent to an activating group) is 1. The van der Waals surface area contributed by atoms with E-state index in [1.165, 1.54) is 25.0 Å². The molecule has 1 aromatic rings. The van der Waals surface area contributed by atoms with Gasteiger partial charge < -0.3 is 25.2 Å². The van der Waals surface area contributed by atoms with E-state index in [0.29, 0.717) is 24.7 Å². The molecule has 1 aromatic carbocycles. The molecule has 2 fully saturated rings. The van der Waals surface area contributed by atoms with E-state index in [-0.39, 0.29) is 30.5 Å². The Hall–Kier alpha value is -1.27. The average Bonchev–Trinajstić information content (AvgIpc) is 3.57. The standard InChI is InChI=1S/C22H34F3N5O.HI/c1-26-21(27-8-3-13-31-16-17-4-5-17)28-15-18-14-19(22(23,24)25)6-7-20(18)30-11-9-29(2)10-12-30;/h6-7,14,17H,3-5,8-13,15-16H2,1-2H3,(H2,26,27,28);1H. The van der Waals surface area contributed by atoms with Gasteiger partial charge in [0.1, 0.15) is 0 Å². The topological polar surface area (TPSA) is 52.1 Å². The first-order chi connectivity index (χ1) is 14.9. The van der Waals surface area contributed by atoms with Crippen LogP contribution in [-0.4, -0.2) is 70.9 Å². The zero-order valence-electron chi connectivity index (χ0n) is 18.9. The Morgan fingerprint density at radius 1 is 1.16 bits per heavy atom. The lowest BCUT2D eigenvalue weighted by molar-refractivity contribution is -0.137. The van der Waals surface area contributed by atoms with Gasteiger partial charge in [-0.25, -0.2) is 0 Å². The van der Waals surface area contributed by atoms with Crippen LogP contribution in [-0.2, 0) is 17.5 Å². The third-order valence-corrected chi connectivity index (χ3v) is 5.73. The van der Waals surface area contributed by atoms with E-state index in [1.54, 1.807) is 13.1 Å². The van der Waals surface area contributed by atoms with Crippen LogP contribution in [0, 0.1) is 5.92 Å². The van der Waals surface area contributed by atoms with E-state index in [2.05, 4.69) is 32.5 Å². The molecule has 2 aliphatic rings. The van der Waals surface area contributed by atoms with Gasteiger partial charge in [0.05, 0.1) is 5.56 Å². The predicted molar refractivity (Wildman–Crippen MR) is 133 cm³/mol. The zero-order valence-corrected chi connectivity index (χ0v) is 21.2. The molecule has 6 nitrogen and oxygen atoms in total. The van der Waals surface area contributed by atoms with E-state index in [0.717, 1.165) is 50.8 Å². The normalized spacial score (nSPS) is 17.8. The molecule has 0 unspecified atom stereocenters.